The summed E-state index contributed by atoms with van der Waals surface area (Å²) in [4.78, 5) is 28.5. The van der Waals surface area contributed by atoms with E-state index >= 15 is 0 Å². The van der Waals surface area contributed by atoms with Crippen molar-refractivity contribution in [3.05, 3.63) is 35.6 Å². The third-order valence-corrected chi connectivity index (χ3v) is 4.60. The van der Waals surface area contributed by atoms with E-state index < -0.39 is 11.7 Å². The zero-order valence-corrected chi connectivity index (χ0v) is 13.7. The van der Waals surface area contributed by atoms with Crippen LogP contribution in [0, 0.1) is 5.82 Å². The van der Waals surface area contributed by atoms with Gasteiger partial charge in [-0.05, 0) is 31.7 Å². The highest BCUT2D eigenvalue weighted by Crippen LogP contribution is 2.22. The van der Waals surface area contributed by atoms with E-state index in [4.69, 9.17) is 4.74 Å². The highest BCUT2D eigenvalue weighted by atomic mass is 19.1. The molecule has 1 N–H and O–H groups in total. The molecule has 2 heterocycles. The maximum absolute atomic E-state index is 13.2. The highest BCUT2D eigenvalue weighted by molar-refractivity contribution is 5.96. The molecule has 0 bridgehead atoms. The molecule has 2 aliphatic rings. The van der Waals surface area contributed by atoms with Crippen molar-refractivity contribution in [2.45, 2.75) is 18.6 Å². The zero-order valence-electron chi connectivity index (χ0n) is 13.7. The third-order valence-electron chi connectivity index (χ3n) is 4.60. The number of amides is 2. The topological polar surface area (TPSA) is 61.9 Å². The molecular weight excluding hydrogens is 313 g/mol. The van der Waals surface area contributed by atoms with E-state index in [0.29, 0.717) is 13.2 Å². The smallest absolute Gasteiger partial charge is 0.251 e. The Morgan fingerprint density at radius 2 is 2.21 bits per heavy atom. The van der Waals surface area contributed by atoms with Gasteiger partial charge in [-0.1, -0.05) is 6.07 Å². The van der Waals surface area contributed by atoms with Gasteiger partial charge in [0, 0.05) is 25.2 Å². The molecule has 0 saturated carbocycles. The van der Waals surface area contributed by atoms with E-state index in [-0.39, 0.29) is 30.2 Å². The molecular formula is C17H22FN3O3. The molecule has 1 aromatic carbocycles. The molecule has 130 valence electrons. The summed E-state index contributed by atoms with van der Waals surface area (Å²) >= 11 is 0. The van der Waals surface area contributed by atoms with Crippen LogP contribution in [0.1, 0.15) is 16.8 Å². The number of ether oxygens (including phenoxy) is 1. The maximum atomic E-state index is 13.2. The molecule has 0 aliphatic carbocycles. The van der Waals surface area contributed by atoms with Crippen LogP contribution < -0.4 is 5.32 Å². The Bertz CT molecular complexity index is 625. The van der Waals surface area contributed by atoms with Crippen LogP contribution in [0.2, 0.25) is 0 Å². The van der Waals surface area contributed by atoms with Crippen LogP contribution in [0.25, 0.3) is 0 Å². The number of nitrogens with one attached hydrogen (secondary N) is 1. The van der Waals surface area contributed by atoms with Crippen molar-refractivity contribution in [2.75, 3.05) is 39.8 Å². The molecule has 0 radical (unpaired) electrons. The third kappa shape index (κ3) is 3.73. The van der Waals surface area contributed by atoms with Crippen molar-refractivity contribution in [3.63, 3.8) is 0 Å². The fourth-order valence-corrected chi connectivity index (χ4v) is 3.33. The summed E-state index contributed by atoms with van der Waals surface area (Å²) < 4.78 is 18.9. The van der Waals surface area contributed by atoms with Crippen LogP contribution in [0.5, 0.6) is 0 Å². The van der Waals surface area contributed by atoms with Crippen molar-refractivity contribution in [3.8, 4) is 0 Å². The van der Waals surface area contributed by atoms with Gasteiger partial charge in [0.15, 0.2) is 0 Å². The van der Waals surface area contributed by atoms with Gasteiger partial charge < -0.3 is 19.9 Å². The fraction of sp³-hybridized carbons (Fsp3) is 0.529. The Hall–Kier alpha value is -1.99. The van der Waals surface area contributed by atoms with Crippen molar-refractivity contribution in [1.82, 2.24) is 15.1 Å². The lowest BCUT2D eigenvalue weighted by Gasteiger charge is -2.46. The minimum Gasteiger partial charge on any atom is -0.374 e. The monoisotopic (exact) mass is 335 g/mol. The molecule has 6 nitrogen and oxygen atoms in total. The SMILES string of the molecule is CN1CCC2OCCN(C(=O)CNC(=O)c3cccc(F)c3)C2C1. The van der Waals surface area contributed by atoms with Crippen molar-refractivity contribution in [1.29, 1.82) is 0 Å². The first kappa shape index (κ1) is 16.9. The van der Waals surface area contributed by atoms with E-state index in [1.165, 1.54) is 18.2 Å². The van der Waals surface area contributed by atoms with Crippen LogP contribution in [0.4, 0.5) is 4.39 Å². The lowest BCUT2D eigenvalue weighted by atomic mass is 9.99. The van der Waals surface area contributed by atoms with Gasteiger partial charge in [0.1, 0.15) is 5.82 Å². The molecule has 0 spiro atoms. The van der Waals surface area contributed by atoms with E-state index in [1.54, 1.807) is 4.90 Å². The Balaban J connectivity index is 1.58. The number of rotatable bonds is 3. The van der Waals surface area contributed by atoms with Gasteiger partial charge in [0.05, 0.1) is 25.3 Å². The van der Waals surface area contributed by atoms with Crippen molar-refractivity contribution < 1.29 is 18.7 Å². The molecule has 2 unspecified atom stereocenters. The maximum Gasteiger partial charge on any atom is 0.251 e. The number of piperidine rings is 1. The second-order valence-corrected chi connectivity index (χ2v) is 6.31. The second-order valence-electron chi connectivity index (χ2n) is 6.31. The predicted molar refractivity (Wildman–Crippen MR) is 86.1 cm³/mol. The number of benzene rings is 1. The number of likely N-dealkylation sites (N-methyl/N-ethyl adjacent to an activating group) is 1. The first-order valence-corrected chi connectivity index (χ1v) is 8.18. The molecule has 24 heavy (non-hydrogen) atoms. The van der Waals surface area contributed by atoms with Crippen LogP contribution >= 0.6 is 0 Å². The summed E-state index contributed by atoms with van der Waals surface area (Å²) in [5.74, 6) is -1.06. The Morgan fingerprint density at radius 1 is 1.38 bits per heavy atom. The number of nitrogens with zero attached hydrogens (tertiary/aromatic N) is 2. The van der Waals surface area contributed by atoms with Gasteiger partial charge in [-0.15, -0.1) is 0 Å². The molecule has 2 atom stereocenters. The van der Waals surface area contributed by atoms with Crippen LogP contribution in [-0.2, 0) is 9.53 Å². The molecule has 3 rings (SSSR count). The number of carbonyl (C=O) groups is 2. The van der Waals surface area contributed by atoms with E-state index in [0.717, 1.165) is 25.6 Å². The van der Waals surface area contributed by atoms with Crippen molar-refractivity contribution >= 4 is 11.8 Å². The standard InChI is InChI=1S/C17H22FN3O3/c1-20-6-5-15-14(11-20)21(7-8-24-15)16(22)10-19-17(23)12-3-2-4-13(18)9-12/h2-4,9,14-15H,5-8,10-11H2,1H3,(H,19,23). The normalized spacial score (nSPS) is 24.3. The van der Waals surface area contributed by atoms with Gasteiger partial charge in [0.25, 0.3) is 5.91 Å². The van der Waals surface area contributed by atoms with E-state index in [1.807, 2.05) is 7.05 Å². The molecule has 7 heteroatoms. The number of likely N-dealkylation sites (tertiary alicyclic amines) is 1. The number of hydrogen-bond acceptors (Lipinski definition) is 4. The lowest BCUT2D eigenvalue weighted by molar-refractivity contribution is -0.150. The number of fused-ring (bicyclic) bond motifs is 1. The Morgan fingerprint density at radius 3 is 3.00 bits per heavy atom. The number of carbonyl (C=O) groups excluding carboxylic acids is 2. The van der Waals surface area contributed by atoms with Gasteiger partial charge in [-0.25, -0.2) is 4.39 Å². The molecule has 2 saturated heterocycles. The highest BCUT2D eigenvalue weighted by Gasteiger charge is 2.38. The molecule has 2 amide bonds. The quantitative estimate of drug-likeness (QED) is 0.873. The number of hydrogen-bond donors (Lipinski definition) is 1. The number of morpholine rings is 1. The van der Waals surface area contributed by atoms with Crippen LogP contribution in [0.15, 0.2) is 24.3 Å². The average Bonchev–Trinajstić information content (AvgIpc) is 2.58. The average molecular weight is 335 g/mol. The van der Waals surface area contributed by atoms with Gasteiger partial charge >= 0.3 is 0 Å². The van der Waals surface area contributed by atoms with Gasteiger partial charge in [-0.2, -0.15) is 0 Å². The van der Waals surface area contributed by atoms with E-state index in [2.05, 4.69) is 10.2 Å². The first-order chi connectivity index (χ1) is 11.5. The molecule has 0 aromatic heterocycles. The Kier molecular flexibility index (Phi) is 5.11. The zero-order chi connectivity index (χ0) is 17.1. The van der Waals surface area contributed by atoms with E-state index in [9.17, 15) is 14.0 Å². The Labute approximate surface area is 140 Å². The molecule has 1 aromatic rings. The second kappa shape index (κ2) is 7.27. The minimum absolute atomic E-state index is 0.0241. The fourth-order valence-electron chi connectivity index (χ4n) is 3.33. The summed E-state index contributed by atoms with van der Waals surface area (Å²) in [5, 5.41) is 2.58. The largest absolute Gasteiger partial charge is 0.374 e. The first-order valence-electron chi connectivity index (χ1n) is 8.18. The van der Waals surface area contributed by atoms with Crippen molar-refractivity contribution in [2.24, 2.45) is 0 Å². The molecule has 2 fully saturated rings. The summed E-state index contributed by atoms with van der Waals surface area (Å²) in [6, 6.07) is 5.44. The van der Waals surface area contributed by atoms with Gasteiger partial charge in [-0.3, -0.25) is 9.59 Å². The number of halogens is 1. The summed E-state index contributed by atoms with van der Waals surface area (Å²) in [7, 11) is 2.03. The molecule has 2 aliphatic heterocycles. The summed E-state index contributed by atoms with van der Waals surface area (Å²) in [5.41, 5.74) is 0.208. The summed E-state index contributed by atoms with van der Waals surface area (Å²) in [6.07, 6.45) is 0.971. The van der Waals surface area contributed by atoms with Gasteiger partial charge in [0.2, 0.25) is 5.91 Å². The minimum atomic E-state index is -0.477. The van der Waals surface area contributed by atoms with Crippen LogP contribution in [0.3, 0.4) is 0 Å². The lowest BCUT2D eigenvalue weighted by Crippen LogP contribution is -2.62. The van der Waals surface area contributed by atoms with Crippen LogP contribution in [-0.4, -0.2) is 73.6 Å². The predicted octanol–water partition coefficient (Wildman–Crippen LogP) is 0.487. The summed E-state index contributed by atoms with van der Waals surface area (Å²) in [6.45, 7) is 2.69.